The number of fused-ring (bicyclic) bond motifs is 2. The maximum Gasteiger partial charge on any atom is 0.269 e. The highest BCUT2D eigenvalue weighted by Gasteiger charge is 2.31. The van der Waals surface area contributed by atoms with Gasteiger partial charge in [0.05, 0.1) is 18.1 Å². The normalized spacial score (nSPS) is 18.3. The second-order valence-electron chi connectivity index (χ2n) is 6.31. The van der Waals surface area contributed by atoms with E-state index in [2.05, 4.69) is 10.6 Å². The van der Waals surface area contributed by atoms with Gasteiger partial charge in [0.25, 0.3) is 5.69 Å². The molecule has 26 heavy (non-hydrogen) atoms. The van der Waals surface area contributed by atoms with Crippen molar-refractivity contribution in [2.75, 3.05) is 7.11 Å². The third-order valence-electron chi connectivity index (χ3n) is 4.84. The number of nitro benzene ring substituents is 1. The summed E-state index contributed by atoms with van der Waals surface area (Å²) in [7, 11) is 1.66. The molecule has 132 valence electrons. The molecule has 7 heteroatoms. The number of hydrogen-bond donors (Lipinski definition) is 2. The van der Waals surface area contributed by atoms with Crippen LogP contribution in [0.3, 0.4) is 0 Å². The monoisotopic (exact) mass is 367 g/mol. The van der Waals surface area contributed by atoms with Gasteiger partial charge in [-0.15, -0.1) is 0 Å². The first-order chi connectivity index (χ1) is 12.6. The molecule has 6 nitrogen and oxygen atoms in total. The van der Waals surface area contributed by atoms with E-state index in [4.69, 9.17) is 17.0 Å². The van der Waals surface area contributed by atoms with Gasteiger partial charge >= 0.3 is 0 Å². The van der Waals surface area contributed by atoms with E-state index in [1.54, 1.807) is 19.2 Å². The van der Waals surface area contributed by atoms with E-state index < -0.39 is 0 Å². The number of benzene rings is 2. The topological polar surface area (TPSA) is 76.4 Å². The Morgan fingerprint density at radius 1 is 1.23 bits per heavy atom. The van der Waals surface area contributed by atoms with Crippen LogP contribution in [0.4, 0.5) is 5.69 Å². The van der Waals surface area contributed by atoms with Crippen molar-refractivity contribution < 1.29 is 9.66 Å². The van der Waals surface area contributed by atoms with Crippen molar-refractivity contribution in [2.45, 2.75) is 18.9 Å². The summed E-state index contributed by atoms with van der Waals surface area (Å²) in [4.78, 5) is 10.8. The van der Waals surface area contributed by atoms with Crippen LogP contribution < -0.4 is 15.4 Å². The van der Waals surface area contributed by atoms with Gasteiger partial charge in [0.2, 0.25) is 0 Å². The van der Waals surface area contributed by atoms with Gasteiger partial charge in [0.1, 0.15) is 5.75 Å². The molecular weight excluding hydrogens is 350 g/mol. The Hall–Kier alpha value is -2.93. The van der Waals surface area contributed by atoms with Crippen LogP contribution in [0, 0.1) is 10.1 Å². The van der Waals surface area contributed by atoms with Crippen molar-refractivity contribution in [3.63, 3.8) is 0 Å². The lowest BCUT2D eigenvalue weighted by Crippen LogP contribution is -2.44. The zero-order chi connectivity index (χ0) is 18.3. The second kappa shape index (κ2) is 6.42. The molecular formula is C19H17N3O3S. The molecule has 0 aromatic heterocycles. The third-order valence-corrected chi connectivity index (χ3v) is 5.06. The minimum absolute atomic E-state index is 0.0804. The molecule has 2 aromatic rings. The Morgan fingerprint density at radius 2 is 2.08 bits per heavy atom. The molecule has 0 saturated carbocycles. The number of non-ortho nitro benzene ring substituents is 1. The lowest BCUT2D eigenvalue weighted by molar-refractivity contribution is -0.384. The second-order valence-corrected chi connectivity index (χ2v) is 6.72. The minimum Gasteiger partial charge on any atom is -0.497 e. The van der Waals surface area contributed by atoms with Crippen molar-refractivity contribution in [1.29, 1.82) is 0 Å². The highest BCUT2D eigenvalue weighted by molar-refractivity contribution is 7.80. The largest absolute Gasteiger partial charge is 0.497 e. The fraction of sp³-hybridized carbons (Fsp3) is 0.211. The average Bonchev–Trinajstić information content (AvgIpc) is 2.66. The van der Waals surface area contributed by atoms with Crippen LogP contribution in [0.1, 0.15) is 29.2 Å². The summed E-state index contributed by atoms with van der Waals surface area (Å²) in [6, 6.07) is 12.6. The van der Waals surface area contributed by atoms with Crippen LogP contribution in [-0.2, 0) is 6.42 Å². The molecule has 0 fully saturated rings. The van der Waals surface area contributed by atoms with E-state index in [0.29, 0.717) is 5.11 Å². The van der Waals surface area contributed by atoms with Gasteiger partial charge in [0.15, 0.2) is 5.11 Å². The van der Waals surface area contributed by atoms with Crippen LogP contribution in [0.2, 0.25) is 0 Å². The molecule has 1 aliphatic heterocycles. The van der Waals surface area contributed by atoms with E-state index in [9.17, 15) is 10.1 Å². The predicted octanol–water partition coefficient (Wildman–Crippen LogP) is 3.48. The van der Waals surface area contributed by atoms with E-state index in [1.807, 2.05) is 24.3 Å². The molecule has 2 aromatic carbocycles. The Kier molecular flexibility index (Phi) is 4.08. The molecule has 2 N–H and O–H groups in total. The zero-order valence-corrected chi connectivity index (χ0v) is 14.9. The first-order valence-electron chi connectivity index (χ1n) is 8.29. The van der Waals surface area contributed by atoms with E-state index >= 15 is 0 Å². The SMILES string of the molecule is COc1ccc2c(c1)CCC1=C2NC(=S)N[C@H]1c1cccc([N+](=O)[O-])c1. The lowest BCUT2D eigenvalue weighted by atomic mass is 9.82. The summed E-state index contributed by atoms with van der Waals surface area (Å²) in [5.74, 6) is 0.833. The van der Waals surface area contributed by atoms with Gasteiger partial charge in [-0.3, -0.25) is 10.1 Å². The number of ether oxygens (including phenoxy) is 1. The van der Waals surface area contributed by atoms with E-state index in [-0.39, 0.29) is 16.7 Å². The lowest BCUT2D eigenvalue weighted by Gasteiger charge is -2.35. The van der Waals surface area contributed by atoms with Gasteiger partial charge in [0, 0.05) is 23.4 Å². The molecule has 4 rings (SSSR count). The van der Waals surface area contributed by atoms with Crippen molar-refractivity contribution in [3.8, 4) is 5.75 Å². The molecule has 0 amide bonds. The molecule has 0 saturated heterocycles. The third kappa shape index (κ3) is 2.80. The summed E-state index contributed by atoms with van der Waals surface area (Å²) < 4.78 is 5.33. The van der Waals surface area contributed by atoms with Gasteiger partial charge in [-0.05, 0) is 60.0 Å². The minimum atomic E-state index is -0.374. The fourth-order valence-electron chi connectivity index (χ4n) is 3.62. The smallest absolute Gasteiger partial charge is 0.269 e. The number of nitrogens with zero attached hydrogens (tertiary/aromatic N) is 1. The Balaban J connectivity index is 1.81. The first kappa shape index (κ1) is 16.5. The number of methoxy groups -OCH3 is 1. The molecule has 0 bridgehead atoms. The van der Waals surface area contributed by atoms with Gasteiger partial charge < -0.3 is 15.4 Å². The van der Waals surface area contributed by atoms with Gasteiger partial charge in [-0.2, -0.15) is 0 Å². The number of hydrogen-bond acceptors (Lipinski definition) is 4. The van der Waals surface area contributed by atoms with E-state index in [0.717, 1.165) is 41.0 Å². The quantitative estimate of drug-likeness (QED) is 0.491. The molecule has 1 atom stereocenters. The molecule has 1 aliphatic carbocycles. The summed E-state index contributed by atoms with van der Waals surface area (Å²) in [6.45, 7) is 0. The molecule has 1 heterocycles. The van der Waals surface area contributed by atoms with Crippen molar-refractivity contribution >= 4 is 28.7 Å². The standard InChI is InChI=1S/C19H17N3O3S/c1-25-14-6-8-15-11(10-14)5-7-16-17(20-19(26)21-18(15)16)12-3-2-4-13(9-12)22(23)24/h2-4,6,8-10,17H,5,7H2,1H3,(H2,20,21,26)/t17-/m0/s1. The highest BCUT2D eigenvalue weighted by Crippen LogP contribution is 2.40. The average molecular weight is 367 g/mol. The van der Waals surface area contributed by atoms with E-state index in [1.165, 1.54) is 11.6 Å². The Labute approximate surface area is 156 Å². The van der Waals surface area contributed by atoms with Crippen molar-refractivity contribution in [2.24, 2.45) is 0 Å². The molecule has 0 unspecified atom stereocenters. The van der Waals surface area contributed by atoms with Crippen LogP contribution in [0.5, 0.6) is 5.75 Å². The summed E-state index contributed by atoms with van der Waals surface area (Å²) in [6.07, 6.45) is 1.72. The predicted molar refractivity (Wildman–Crippen MR) is 103 cm³/mol. The number of nitro groups is 1. The van der Waals surface area contributed by atoms with Crippen LogP contribution in [0.25, 0.3) is 5.70 Å². The van der Waals surface area contributed by atoms with Crippen LogP contribution in [-0.4, -0.2) is 17.1 Å². The van der Waals surface area contributed by atoms with Gasteiger partial charge in [-0.25, -0.2) is 0 Å². The maximum absolute atomic E-state index is 11.1. The fourth-order valence-corrected chi connectivity index (χ4v) is 3.84. The summed E-state index contributed by atoms with van der Waals surface area (Å²) >= 11 is 5.40. The summed E-state index contributed by atoms with van der Waals surface area (Å²) in [5.41, 5.74) is 5.39. The number of rotatable bonds is 3. The van der Waals surface area contributed by atoms with Gasteiger partial charge in [-0.1, -0.05) is 12.1 Å². The number of aryl methyl sites for hydroxylation is 1. The first-order valence-corrected chi connectivity index (χ1v) is 8.70. The Morgan fingerprint density at radius 3 is 2.85 bits per heavy atom. The Bertz CT molecular complexity index is 955. The van der Waals surface area contributed by atoms with Crippen LogP contribution in [0.15, 0.2) is 48.0 Å². The maximum atomic E-state index is 11.1. The van der Waals surface area contributed by atoms with Crippen molar-refractivity contribution in [3.05, 3.63) is 74.8 Å². The molecule has 0 radical (unpaired) electrons. The van der Waals surface area contributed by atoms with Crippen molar-refractivity contribution in [1.82, 2.24) is 10.6 Å². The number of nitrogens with one attached hydrogen (secondary N) is 2. The molecule has 2 aliphatic rings. The zero-order valence-electron chi connectivity index (χ0n) is 14.1. The van der Waals surface area contributed by atoms with Crippen LogP contribution >= 0.6 is 12.2 Å². The summed E-state index contributed by atoms with van der Waals surface area (Å²) in [5, 5.41) is 18.2. The molecule has 0 spiro atoms. The highest BCUT2D eigenvalue weighted by atomic mass is 32.1. The number of thiocarbonyl (C=S) groups is 1.